The van der Waals surface area contributed by atoms with Crippen LogP contribution < -0.4 is 22.5 Å². The van der Waals surface area contributed by atoms with Crippen LogP contribution in [0.2, 0.25) is 0 Å². The van der Waals surface area contributed by atoms with Gasteiger partial charge in [0.2, 0.25) is 11.8 Å². The molecule has 0 spiro atoms. The topological polar surface area (TPSA) is 130 Å². The van der Waals surface area contributed by atoms with Crippen LogP contribution in [0.15, 0.2) is 0 Å². The molecule has 7 nitrogen and oxygen atoms in total. The van der Waals surface area contributed by atoms with Crippen molar-refractivity contribution in [3.8, 4) is 0 Å². The van der Waals surface area contributed by atoms with Gasteiger partial charge in [0.15, 0.2) is 0 Å². The van der Waals surface area contributed by atoms with E-state index in [1.165, 1.54) is 0 Å². The Bertz CT molecular complexity index is 287. The molecule has 0 aromatic heterocycles. The van der Waals surface area contributed by atoms with Crippen LogP contribution in [0, 0.1) is 5.92 Å². The van der Waals surface area contributed by atoms with Gasteiger partial charge in [-0.15, -0.1) is 0 Å². The van der Waals surface area contributed by atoms with E-state index < -0.39 is 12.0 Å². The van der Waals surface area contributed by atoms with E-state index >= 15 is 0 Å². The summed E-state index contributed by atoms with van der Waals surface area (Å²) in [6, 6.07) is 0. The molecule has 0 aliphatic rings. The second-order valence-electron chi connectivity index (χ2n) is 5.05. The summed E-state index contributed by atoms with van der Waals surface area (Å²) in [5, 5.41) is 9.94. The lowest BCUT2D eigenvalue weighted by Crippen LogP contribution is -2.38. The monoisotopic (exact) mass is 288 g/mol. The quantitative estimate of drug-likeness (QED) is 0.159. The number of hydrogen-bond acceptors (Lipinski definition) is 5. The standard InChI is InChI=1S/C13H28N4O3/c1-2-3-4-5-6-11(18)9-10(13(20)17-15)7-8-12(19)16-14/h10-11,18H,2-9,14-15H2,1H3,(H,16,19)(H,17,20). The molecule has 20 heavy (non-hydrogen) atoms. The normalized spacial score (nSPS) is 13.6. The molecule has 0 aromatic carbocycles. The van der Waals surface area contributed by atoms with Crippen LogP contribution in [0.1, 0.15) is 58.3 Å². The van der Waals surface area contributed by atoms with E-state index in [9.17, 15) is 14.7 Å². The van der Waals surface area contributed by atoms with Gasteiger partial charge in [-0.05, 0) is 19.3 Å². The third kappa shape index (κ3) is 8.84. The largest absolute Gasteiger partial charge is 0.393 e. The Balaban J connectivity index is 4.13. The number of aliphatic hydroxyl groups is 1. The molecule has 0 heterocycles. The summed E-state index contributed by atoms with van der Waals surface area (Å²) >= 11 is 0. The first-order valence-electron chi connectivity index (χ1n) is 7.23. The van der Waals surface area contributed by atoms with E-state index in [1.807, 2.05) is 5.43 Å². The number of aliphatic hydroxyl groups excluding tert-OH is 1. The zero-order valence-electron chi connectivity index (χ0n) is 12.2. The molecule has 7 heteroatoms. The van der Waals surface area contributed by atoms with Gasteiger partial charge in [-0.1, -0.05) is 32.6 Å². The first kappa shape index (κ1) is 18.8. The zero-order valence-corrected chi connectivity index (χ0v) is 12.2. The van der Waals surface area contributed by atoms with Gasteiger partial charge in [0.1, 0.15) is 0 Å². The fraction of sp³-hybridized carbons (Fsp3) is 0.846. The summed E-state index contributed by atoms with van der Waals surface area (Å²) in [6.45, 7) is 2.13. The molecule has 0 aromatic rings. The molecular formula is C13H28N4O3. The minimum Gasteiger partial charge on any atom is -0.393 e. The molecule has 2 amide bonds. The summed E-state index contributed by atoms with van der Waals surface area (Å²) in [5.74, 6) is 8.94. The summed E-state index contributed by atoms with van der Waals surface area (Å²) in [7, 11) is 0. The average molecular weight is 288 g/mol. The maximum absolute atomic E-state index is 11.6. The fourth-order valence-corrected chi connectivity index (χ4v) is 2.10. The first-order valence-corrected chi connectivity index (χ1v) is 7.23. The number of unbranched alkanes of at least 4 members (excludes halogenated alkanes) is 3. The van der Waals surface area contributed by atoms with Crippen LogP contribution in [0.3, 0.4) is 0 Å². The van der Waals surface area contributed by atoms with Crippen LogP contribution in [0.5, 0.6) is 0 Å². The fourth-order valence-electron chi connectivity index (χ4n) is 2.10. The zero-order chi connectivity index (χ0) is 15.4. The van der Waals surface area contributed by atoms with Gasteiger partial charge in [-0.2, -0.15) is 0 Å². The predicted molar refractivity (Wildman–Crippen MR) is 76.8 cm³/mol. The van der Waals surface area contributed by atoms with Crippen molar-refractivity contribution in [2.45, 2.75) is 64.4 Å². The molecule has 7 N–H and O–H groups in total. The molecule has 0 aliphatic heterocycles. The average Bonchev–Trinajstić information content (AvgIpc) is 2.46. The van der Waals surface area contributed by atoms with Gasteiger partial charge in [0, 0.05) is 12.3 Å². The highest BCUT2D eigenvalue weighted by atomic mass is 16.3. The molecule has 0 aliphatic carbocycles. The van der Waals surface area contributed by atoms with Gasteiger partial charge in [-0.3, -0.25) is 20.4 Å². The molecule has 2 unspecified atom stereocenters. The SMILES string of the molecule is CCCCCCC(O)CC(CCC(=O)NN)C(=O)NN. The number of nitrogens with two attached hydrogens (primary N) is 2. The lowest BCUT2D eigenvalue weighted by molar-refractivity contribution is -0.127. The second kappa shape index (κ2) is 11.6. The summed E-state index contributed by atoms with van der Waals surface area (Å²) in [4.78, 5) is 22.7. The van der Waals surface area contributed by atoms with E-state index in [0.717, 1.165) is 25.7 Å². The molecule has 0 bridgehead atoms. The molecule has 0 saturated heterocycles. The molecule has 2 atom stereocenters. The Morgan fingerprint density at radius 3 is 2.35 bits per heavy atom. The van der Waals surface area contributed by atoms with Crippen LogP contribution in [-0.2, 0) is 9.59 Å². The number of amides is 2. The minimum atomic E-state index is -0.546. The van der Waals surface area contributed by atoms with Crippen molar-refractivity contribution in [1.82, 2.24) is 10.9 Å². The highest BCUT2D eigenvalue weighted by molar-refractivity contribution is 5.80. The lowest BCUT2D eigenvalue weighted by Gasteiger charge is -2.18. The third-order valence-corrected chi connectivity index (χ3v) is 3.34. The number of carbonyl (C=O) groups is 2. The Labute approximate surface area is 120 Å². The summed E-state index contributed by atoms with van der Waals surface area (Å²) in [5.41, 5.74) is 4.09. The molecule has 0 radical (unpaired) electrons. The number of rotatable bonds is 11. The van der Waals surface area contributed by atoms with Crippen molar-refractivity contribution in [2.75, 3.05) is 0 Å². The highest BCUT2D eigenvalue weighted by Crippen LogP contribution is 2.17. The number of nitrogens with one attached hydrogen (secondary N) is 2. The van der Waals surface area contributed by atoms with Crippen molar-refractivity contribution >= 4 is 11.8 Å². The Kier molecular flexibility index (Phi) is 10.9. The maximum atomic E-state index is 11.6. The van der Waals surface area contributed by atoms with Crippen molar-refractivity contribution < 1.29 is 14.7 Å². The second-order valence-corrected chi connectivity index (χ2v) is 5.05. The molecule has 0 fully saturated rings. The van der Waals surface area contributed by atoms with Gasteiger partial charge >= 0.3 is 0 Å². The van der Waals surface area contributed by atoms with Gasteiger partial charge in [-0.25, -0.2) is 11.7 Å². The lowest BCUT2D eigenvalue weighted by atomic mass is 9.93. The summed E-state index contributed by atoms with van der Waals surface area (Å²) in [6.07, 6.45) is 5.19. The van der Waals surface area contributed by atoms with Gasteiger partial charge in [0.25, 0.3) is 0 Å². The first-order chi connectivity index (χ1) is 9.54. The van der Waals surface area contributed by atoms with Crippen LogP contribution >= 0.6 is 0 Å². The van der Waals surface area contributed by atoms with Crippen LogP contribution in [-0.4, -0.2) is 23.0 Å². The van der Waals surface area contributed by atoms with E-state index in [0.29, 0.717) is 19.3 Å². The highest BCUT2D eigenvalue weighted by Gasteiger charge is 2.22. The van der Waals surface area contributed by atoms with Crippen LogP contribution in [0.25, 0.3) is 0 Å². The van der Waals surface area contributed by atoms with Crippen molar-refractivity contribution in [2.24, 2.45) is 17.6 Å². The predicted octanol–water partition coefficient (Wildman–Crippen LogP) is 0.0840. The van der Waals surface area contributed by atoms with Crippen molar-refractivity contribution in [1.29, 1.82) is 0 Å². The van der Waals surface area contributed by atoms with E-state index in [1.54, 1.807) is 0 Å². The van der Waals surface area contributed by atoms with Gasteiger partial charge < -0.3 is 5.11 Å². The summed E-state index contributed by atoms with van der Waals surface area (Å²) < 4.78 is 0. The maximum Gasteiger partial charge on any atom is 0.237 e. The minimum absolute atomic E-state index is 0.136. The Morgan fingerprint density at radius 1 is 1.10 bits per heavy atom. The van der Waals surface area contributed by atoms with E-state index in [-0.39, 0.29) is 18.2 Å². The number of carbonyl (C=O) groups excluding carboxylic acids is 2. The Morgan fingerprint density at radius 2 is 1.80 bits per heavy atom. The molecular weight excluding hydrogens is 260 g/mol. The smallest absolute Gasteiger partial charge is 0.237 e. The van der Waals surface area contributed by atoms with Crippen molar-refractivity contribution in [3.05, 3.63) is 0 Å². The molecule has 0 rings (SSSR count). The third-order valence-electron chi connectivity index (χ3n) is 3.34. The van der Waals surface area contributed by atoms with Crippen molar-refractivity contribution in [3.63, 3.8) is 0 Å². The van der Waals surface area contributed by atoms with E-state index in [4.69, 9.17) is 11.7 Å². The number of hydrogen-bond donors (Lipinski definition) is 5. The van der Waals surface area contributed by atoms with Gasteiger partial charge in [0.05, 0.1) is 6.10 Å². The molecule has 0 saturated carbocycles. The Hall–Kier alpha value is -1.18. The van der Waals surface area contributed by atoms with E-state index in [2.05, 4.69) is 12.3 Å². The number of hydrazine groups is 2. The molecule has 118 valence electrons. The van der Waals surface area contributed by atoms with Crippen LogP contribution in [0.4, 0.5) is 0 Å².